The average molecular weight is 1870 g/mol. The van der Waals surface area contributed by atoms with Gasteiger partial charge in [0.1, 0.15) is 95.7 Å². The maximum Gasteiger partial charge on any atom is 0.365 e. The van der Waals surface area contributed by atoms with Crippen molar-refractivity contribution >= 4 is 11.9 Å². The third kappa shape index (κ3) is 20.9. The Morgan fingerprint density at radius 1 is 0.500 bits per heavy atom. The van der Waals surface area contributed by atoms with E-state index in [1.165, 1.54) is 302 Å². The summed E-state index contributed by atoms with van der Waals surface area (Å²) in [6, 6.07) is -1.24. The van der Waals surface area contributed by atoms with E-state index in [-0.39, 0.29) is 6.61 Å². The van der Waals surface area contributed by atoms with Crippen LogP contribution in [0.3, 0.4) is 0 Å². The number of amides is 1. The van der Waals surface area contributed by atoms with Crippen molar-refractivity contribution in [1.29, 1.82) is 0 Å². The predicted octanol–water partition coefficient (Wildman–Crippen LogP) is 10.4. The van der Waals surface area contributed by atoms with Crippen LogP contribution >= 0.6 is 0 Å². The molecule has 32 nitrogen and oxygen atoms in total. The smallest absolute Gasteiger partial charge is 0.365 e. The standard InChI is InChI=1S/C98H186N4O28/c1-30-32-34-36-38-40-42-44-45-46-48-50-52-54-56-58-60-100-70(69(99)59-57-55-53-51-49-47-43-41-39-37-35-33-31-2)61-121-74-84(15,112)92(23,118)93(24,82(13,67-107)124-74)126-73-83(14,111)71(122-98(72(109)110)77(6,7)89(20,115)87(18,102-68(3)108)95(26,130-98)88(19,114)76(4,5)63-103)86(17,79(10,64-104)123-73)129-96(27)78(8,9)97(62-101-120-29,91(22,117)81(12,66-106)128-96)127-75-85(16,113)94(25,119-28)90(21,116)80(11,65-105)125-75/h57,59,69-71,73-75,100-101,103-107,111-118H,30-56,58,60-67,99H2,1-29H3,(H,102,108)(H,109,110)/b59-57+. The van der Waals surface area contributed by atoms with Gasteiger partial charge in [0.05, 0.1) is 75.3 Å². The second kappa shape index (κ2) is 44.2. The van der Waals surface area contributed by atoms with Crippen molar-refractivity contribution < 1.29 is 138 Å². The molecule has 130 heavy (non-hydrogen) atoms. The average Bonchev–Trinajstić information content (AvgIpc) is 0.643. The van der Waals surface area contributed by atoms with Gasteiger partial charge in [0.25, 0.3) is 5.79 Å². The summed E-state index contributed by atoms with van der Waals surface area (Å²) in [5.41, 5.74) is -42.7. The van der Waals surface area contributed by atoms with Crippen molar-refractivity contribution in [3.8, 4) is 0 Å². The van der Waals surface area contributed by atoms with Crippen molar-refractivity contribution in [3.05, 3.63) is 12.2 Å². The van der Waals surface area contributed by atoms with Gasteiger partial charge in [0, 0.05) is 31.5 Å². The van der Waals surface area contributed by atoms with Crippen molar-refractivity contribution in [2.45, 2.75) is 516 Å². The van der Waals surface area contributed by atoms with Crippen LogP contribution in [0.4, 0.5) is 0 Å². The molecule has 5 saturated heterocycles. The molecule has 5 aliphatic rings. The molecule has 5 aliphatic heterocycles. The van der Waals surface area contributed by atoms with E-state index < -0.39 is 217 Å². The number of carboxylic acids is 1. The first-order valence-corrected chi connectivity index (χ1v) is 48.7. The topological polar surface area (TPSA) is 490 Å². The van der Waals surface area contributed by atoms with Gasteiger partial charge < -0.3 is 145 Å². The van der Waals surface area contributed by atoms with Gasteiger partial charge in [-0.15, -0.1) is 0 Å². The highest BCUT2D eigenvalue weighted by molar-refractivity contribution is 5.79. The molecule has 19 N–H and O–H groups in total. The van der Waals surface area contributed by atoms with Crippen LogP contribution in [0.15, 0.2) is 12.2 Å². The summed E-state index contributed by atoms with van der Waals surface area (Å²) in [6.07, 6.45) is 28.3. The molecule has 766 valence electrons. The second-order valence-corrected chi connectivity index (χ2v) is 44.1. The summed E-state index contributed by atoms with van der Waals surface area (Å²) in [5, 5.41) is 187. The van der Waals surface area contributed by atoms with Crippen LogP contribution in [0, 0.1) is 16.2 Å². The third-order valence-corrected chi connectivity index (χ3v) is 34.6. The first-order chi connectivity index (χ1) is 59.6. The van der Waals surface area contributed by atoms with Gasteiger partial charge >= 0.3 is 5.97 Å². The molecule has 0 saturated carbocycles. The zero-order valence-electron chi connectivity index (χ0n) is 85.6. The molecule has 26 atom stereocenters. The Morgan fingerprint density at radius 2 is 0.938 bits per heavy atom. The van der Waals surface area contributed by atoms with Crippen molar-refractivity contribution in [1.82, 2.24) is 16.1 Å². The fourth-order valence-corrected chi connectivity index (χ4v) is 21.3. The van der Waals surface area contributed by atoms with Crippen molar-refractivity contribution in [2.75, 3.05) is 67.0 Å². The highest BCUT2D eigenvalue weighted by atomic mass is 16.8. The van der Waals surface area contributed by atoms with Crippen LogP contribution in [-0.4, -0.2) is 300 Å². The van der Waals surface area contributed by atoms with Crippen LogP contribution in [0.2, 0.25) is 0 Å². The molecule has 5 fully saturated rings. The molecule has 32 heteroatoms. The molecule has 0 aromatic heterocycles. The molecule has 0 spiro atoms. The number of aliphatic hydroxyl groups is 13. The molecule has 5 rings (SSSR count). The van der Waals surface area contributed by atoms with Gasteiger partial charge in [-0.3, -0.25) is 4.79 Å². The number of carboxylic acid groups (broad SMARTS) is 1. The van der Waals surface area contributed by atoms with E-state index >= 15 is 4.79 Å². The van der Waals surface area contributed by atoms with E-state index in [2.05, 4.69) is 36.0 Å². The summed E-state index contributed by atoms with van der Waals surface area (Å²) in [6.45, 7) is 30.6. The summed E-state index contributed by atoms with van der Waals surface area (Å²) < 4.78 is 77.1. The second-order valence-electron chi connectivity index (χ2n) is 44.1. The van der Waals surface area contributed by atoms with E-state index in [4.69, 9.17) is 62.7 Å². The number of carbonyl (C=O) groups excluding carboxylic acids is 1. The Bertz CT molecular complexity index is 3560. The lowest BCUT2D eigenvalue weighted by Crippen LogP contribution is -2.92. The SMILES string of the molecule is CCCCCCCCCCCCC/C=C/C(N)C(COC1OC(C)(CO)C(C)(OC2OC(C)(CO)C(C)(OC3(C)OC(C)(CO)C(C)(O)C(CNOC)(OC4OC(C)(CO)C(C)(O)C(C)(OC)C4(C)O)C3(C)C)C(OC3(C(=O)O)OC(C)(C(C)(O)C(C)(C)CO)C(C)(NC(C)=O)C(C)(O)C3(C)C)C2(C)O)C(C)(O)C1(C)O)NCCCCCCCCCCCCCCCCCC. The molecule has 0 bridgehead atoms. The van der Waals surface area contributed by atoms with E-state index in [9.17, 15) is 76.3 Å². The quantitative estimate of drug-likeness (QED) is 0.0153. The number of aliphatic carboxylic acids is 1. The summed E-state index contributed by atoms with van der Waals surface area (Å²) >= 11 is 0. The molecule has 0 aromatic rings. The van der Waals surface area contributed by atoms with Crippen molar-refractivity contribution in [2.24, 2.45) is 22.0 Å². The number of hydroxylamine groups is 1. The number of unbranched alkanes of at least 4 members (excludes halogenated alkanes) is 26. The van der Waals surface area contributed by atoms with Crippen LogP contribution in [0.1, 0.15) is 367 Å². The molecule has 5 heterocycles. The first-order valence-electron chi connectivity index (χ1n) is 48.7. The zero-order chi connectivity index (χ0) is 99.6. The minimum absolute atomic E-state index is 0.211. The molecule has 1 amide bonds. The Balaban J connectivity index is 1.75. The van der Waals surface area contributed by atoms with Gasteiger partial charge in [-0.1, -0.05) is 228 Å². The van der Waals surface area contributed by atoms with Crippen LogP contribution < -0.4 is 21.8 Å². The number of nitrogens with two attached hydrogens (primary N) is 1. The fraction of sp³-hybridized carbons (Fsp3) is 0.959. The molecule has 0 radical (unpaired) electrons. The molecule has 0 aromatic carbocycles. The van der Waals surface area contributed by atoms with Crippen LogP contribution in [-0.2, 0) is 66.5 Å². The monoisotopic (exact) mass is 1870 g/mol. The Labute approximate surface area is 779 Å². The van der Waals surface area contributed by atoms with E-state index in [0.29, 0.717) is 6.54 Å². The molecule has 0 aliphatic carbocycles. The van der Waals surface area contributed by atoms with Crippen LogP contribution in [0.5, 0.6) is 0 Å². The molecular weight excluding hydrogens is 1680 g/mol. The maximum absolute atomic E-state index is 15.7. The highest BCUT2D eigenvalue weighted by Gasteiger charge is 2.86. The minimum Gasteiger partial charge on any atom is -0.477 e. The fourth-order valence-electron chi connectivity index (χ4n) is 21.3. The number of ether oxygens (including phenoxy) is 11. The van der Waals surface area contributed by atoms with Gasteiger partial charge in [0.15, 0.2) is 24.7 Å². The van der Waals surface area contributed by atoms with Crippen LogP contribution in [0.25, 0.3) is 0 Å². The lowest BCUT2D eigenvalue weighted by atomic mass is 9.48. The molecule has 26 unspecified atom stereocenters. The zero-order valence-corrected chi connectivity index (χ0v) is 85.6. The number of rotatable bonds is 56. The lowest BCUT2D eigenvalue weighted by Gasteiger charge is -2.73. The first kappa shape index (κ1) is 118. The number of hydrogen-bond donors (Lipinski definition) is 18. The highest BCUT2D eigenvalue weighted by Crippen LogP contribution is 2.68. The van der Waals surface area contributed by atoms with Gasteiger partial charge in [0.2, 0.25) is 5.91 Å². The number of allylic oxidation sites excluding steroid dienone is 1. The Morgan fingerprint density at radius 3 is 1.36 bits per heavy atom. The third-order valence-electron chi connectivity index (χ3n) is 34.6. The number of methoxy groups -OCH3 is 1. The Hall–Kier alpha value is -2.44. The number of aliphatic hydroxyl groups excluding tert-OH is 5. The predicted molar refractivity (Wildman–Crippen MR) is 495 cm³/mol. The molecular formula is C98H186N4O28. The van der Waals surface area contributed by atoms with E-state index in [1.807, 2.05) is 6.08 Å². The van der Waals surface area contributed by atoms with Gasteiger partial charge in [-0.05, 0) is 150 Å². The summed E-state index contributed by atoms with van der Waals surface area (Å²) in [7, 11) is 2.44. The largest absolute Gasteiger partial charge is 0.477 e. The number of hydrogen-bond acceptors (Lipinski definition) is 30. The minimum atomic E-state index is -3.59. The number of nitrogens with one attached hydrogen (secondary N) is 3. The normalized spacial score (nSPS) is 41.5. The van der Waals surface area contributed by atoms with Crippen molar-refractivity contribution in [3.63, 3.8) is 0 Å². The van der Waals surface area contributed by atoms with Gasteiger partial charge in [-0.25, -0.2) is 4.79 Å². The van der Waals surface area contributed by atoms with E-state index in [0.717, 1.165) is 65.2 Å². The maximum atomic E-state index is 15.7. The summed E-state index contributed by atoms with van der Waals surface area (Å²) in [5.74, 6) is -9.17. The Kier molecular flexibility index (Phi) is 40.1. The van der Waals surface area contributed by atoms with E-state index in [1.54, 1.807) is 0 Å². The number of carbonyl (C=O) groups is 2. The lowest BCUT2D eigenvalue weighted by molar-refractivity contribution is -0.527. The summed E-state index contributed by atoms with van der Waals surface area (Å²) in [4.78, 5) is 35.1. The van der Waals surface area contributed by atoms with Gasteiger partial charge in [-0.2, -0.15) is 5.48 Å².